The van der Waals surface area contributed by atoms with Crippen LogP contribution in [0.25, 0.3) is 0 Å². The maximum Gasteiger partial charge on any atom is 0.229 e. The van der Waals surface area contributed by atoms with Crippen LogP contribution in [0.2, 0.25) is 0 Å². The Labute approximate surface area is 189 Å². The van der Waals surface area contributed by atoms with E-state index in [1.807, 2.05) is 25.1 Å². The molecule has 2 aromatic rings. The molecule has 3 N–H and O–H groups in total. The van der Waals surface area contributed by atoms with Gasteiger partial charge in [-0.3, -0.25) is 0 Å². The highest BCUT2D eigenvalue weighted by Crippen LogP contribution is 2.31. The second-order valence-electron chi connectivity index (χ2n) is 7.60. The monoisotopic (exact) mass is 464 g/mol. The topological polar surface area (TPSA) is 118 Å². The maximum absolute atomic E-state index is 11.7. The number of methoxy groups -OCH3 is 1. The minimum Gasteiger partial charge on any atom is -0.493 e. The summed E-state index contributed by atoms with van der Waals surface area (Å²) in [6, 6.07) is 7.20. The number of hydrogen-bond acceptors (Lipinski definition) is 9. The lowest BCUT2D eigenvalue weighted by molar-refractivity contribution is 0.254. The minimum atomic E-state index is -3.41. The zero-order valence-electron chi connectivity index (χ0n) is 18.8. The summed E-state index contributed by atoms with van der Waals surface area (Å²) < 4.78 is 37.0. The molecular formula is C21H32N6O4S. The molecule has 3 rings (SSSR count). The van der Waals surface area contributed by atoms with E-state index in [1.165, 1.54) is 33.0 Å². The van der Waals surface area contributed by atoms with E-state index >= 15 is 0 Å². The third kappa shape index (κ3) is 7.21. The van der Waals surface area contributed by atoms with E-state index in [2.05, 4.69) is 30.2 Å². The van der Waals surface area contributed by atoms with Crippen LogP contribution in [0, 0.1) is 6.92 Å². The standard InChI is InChI=1S/C21H32N6O4S/c1-16-13-20(23-15-32(28,29)22-2)26-21(24-16)25-17-7-8-18(30-3)19(14-17)31-12-6-11-27-9-4-5-10-27/h7-8,13-14,22H,4-6,9-12,15H2,1-3H3,(H2,23,24,25,26). The number of ether oxygens (including phenoxy) is 2. The Morgan fingerprint density at radius 1 is 1.12 bits per heavy atom. The van der Waals surface area contributed by atoms with E-state index in [9.17, 15) is 8.42 Å². The molecule has 176 valence electrons. The molecule has 2 heterocycles. The van der Waals surface area contributed by atoms with E-state index in [-0.39, 0.29) is 5.88 Å². The van der Waals surface area contributed by atoms with Crippen LogP contribution < -0.4 is 24.8 Å². The Morgan fingerprint density at radius 2 is 1.91 bits per heavy atom. The number of nitrogens with zero attached hydrogens (tertiary/aromatic N) is 3. The third-order valence-electron chi connectivity index (χ3n) is 5.10. The van der Waals surface area contributed by atoms with E-state index in [0.29, 0.717) is 35.6 Å². The molecule has 1 fully saturated rings. The third-order valence-corrected chi connectivity index (χ3v) is 6.25. The van der Waals surface area contributed by atoms with Crippen molar-refractivity contribution in [2.75, 3.05) is 56.9 Å². The number of aryl methyl sites for hydroxylation is 1. The smallest absolute Gasteiger partial charge is 0.229 e. The number of sulfonamides is 1. The van der Waals surface area contributed by atoms with E-state index < -0.39 is 10.0 Å². The van der Waals surface area contributed by atoms with Crippen molar-refractivity contribution >= 4 is 27.5 Å². The van der Waals surface area contributed by atoms with Gasteiger partial charge in [-0.2, -0.15) is 4.98 Å². The highest BCUT2D eigenvalue weighted by Gasteiger charge is 2.12. The molecule has 0 spiro atoms. The van der Waals surface area contributed by atoms with Crippen LogP contribution in [-0.4, -0.2) is 69.6 Å². The van der Waals surface area contributed by atoms with Crippen LogP contribution in [-0.2, 0) is 10.0 Å². The minimum absolute atomic E-state index is 0.280. The Balaban J connectivity index is 1.64. The Morgan fingerprint density at radius 3 is 2.62 bits per heavy atom. The number of hydrogen-bond donors (Lipinski definition) is 3. The lowest BCUT2D eigenvalue weighted by Gasteiger charge is -2.16. The molecule has 0 saturated carbocycles. The van der Waals surface area contributed by atoms with E-state index in [0.717, 1.165) is 18.7 Å². The number of rotatable bonds is 12. The largest absolute Gasteiger partial charge is 0.493 e. The van der Waals surface area contributed by atoms with Crippen molar-refractivity contribution in [3.05, 3.63) is 30.0 Å². The average Bonchev–Trinajstić information content (AvgIpc) is 3.29. The predicted molar refractivity (Wildman–Crippen MR) is 125 cm³/mol. The van der Waals surface area contributed by atoms with Crippen LogP contribution in [0.5, 0.6) is 11.5 Å². The predicted octanol–water partition coefficient (Wildman–Crippen LogP) is 2.32. The lowest BCUT2D eigenvalue weighted by atomic mass is 10.2. The molecule has 0 bridgehead atoms. The lowest BCUT2D eigenvalue weighted by Crippen LogP contribution is -2.26. The van der Waals surface area contributed by atoms with Crippen molar-refractivity contribution in [1.82, 2.24) is 19.6 Å². The molecule has 0 radical (unpaired) electrons. The number of anilines is 3. The number of nitrogens with one attached hydrogen (secondary N) is 3. The summed E-state index contributed by atoms with van der Waals surface area (Å²) in [5, 5.41) is 5.95. The molecule has 1 aromatic carbocycles. The van der Waals surface area contributed by atoms with Crippen LogP contribution >= 0.6 is 0 Å². The van der Waals surface area contributed by atoms with Crippen molar-refractivity contribution in [2.24, 2.45) is 0 Å². The van der Waals surface area contributed by atoms with E-state index in [4.69, 9.17) is 9.47 Å². The molecule has 0 amide bonds. The van der Waals surface area contributed by atoms with Gasteiger partial charge in [0.25, 0.3) is 0 Å². The second kappa shape index (κ2) is 11.3. The molecule has 10 nitrogen and oxygen atoms in total. The molecule has 1 saturated heterocycles. The van der Waals surface area contributed by atoms with Gasteiger partial charge in [-0.1, -0.05) is 0 Å². The Bertz CT molecular complexity index is 996. The fourth-order valence-electron chi connectivity index (χ4n) is 3.43. The summed E-state index contributed by atoms with van der Waals surface area (Å²) >= 11 is 0. The quantitative estimate of drug-likeness (QED) is 0.407. The molecule has 0 unspecified atom stereocenters. The van der Waals surface area contributed by atoms with Crippen molar-refractivity contribution < 1.29 is 17.9 Å². The van der Waals surface area contributed by atoms with Gasteiger partial charge in [-0.05, 0) is 58.5 Å². The zero-order chi connectivity index (χ0) is 23.0. The SMILES string of the molecule is CNS(=O)(=O)CNc1cc(C)nc(Nc2ccc(OC)c(OCCCN3CCCC3)c2)n1. The summed E-state index contributed by atoms with van der Waals surface area (Å²) in [5.41, 5.74) is 1.43. The van der Waals surface area contributed by atoms with Gasteiger partial charge in [0.2, 0.25) is 16.0 Å². The van der Waals surface area contributed by atoms with Gasteiger partial charge in [0.15, 0.2) is 11.5 Å². The van der Waals surface area contributed by atoms with Gasteiger partial charge < -0.3 is 25.0 Å². The summed E-state index contributed by atoms with van der Waals surface area (Å²) in [6.07, 6.45) is 3.52. The fourth-order valence-corrected chi connectivity index (χ4v) is 3.91. The van der Waals surface area contributed by atoms with Gasteiger partial charge in [0, 0.05) is 30.1 Å². The summed E-state index contributed by atoms with van der Waals surface area (Å²) in [6.45, 7) is 5.81. The van der Waals surface area contributed by atoms with Gasteiger partial charge >= 0.3 is 0 Å². The normalized spacial score (nSPS) is 14.3. The van der Waals surface area contributed by atoms with Crippen LogP contribution in [0.4, 0.5) is 17.5 Å². The first-order valence-corrected chi connectivity index (χ1v) is 12.3. The summed E-state index contributed by atoms with van der Waals surface area (Å²) in [7, 11) is -0.430. The molecule has 1 aliphatic heterocycles. The molecule has 1 aliphatic rings. The number of likely N-dealkylation sites (tertiary alicyclic amines) is 1. The van der Waals surface area contributed by atoms with Crippen molar-refractivity contribution in [3.63, 3.8) is 0 Å². The van der Waals surface area contributed by atoms with Crippen LogP contribution in [0.1, 0.15) is 25.0 Å². The average molecular weight is 465 g/mol. The second-order valence-corrected chi connectivity index (χ2v) is 9.53. The molecule has 11 heteroatoms. The van der Waals surface area contributed by atoms with Crippen molar-refractivity contribution in [1.29, 1.82) is 0 Å². The first kappa shape index (κ1) is 24.0. The van der Waals surface area contributed by atoms with Crippen molar-refractivity contribution in [2.45, 2.75) is 26.2 Å². The molecule has 0 aliphatic carbocycles. The number of aromatic nitrogens is 2. The maximum atomic E-state index is 11.7. The molecular weight excluding hydrogens is 432 g/mol. The van der Waals surface area contributed by atoms with Crippen LogP contribution in [0.15, 0.2) is 24.3 Å². The van der Waals surface area contributed by atoms with Gasteiger partial charge in [-0.25, -0.2) is 18.1 Å². The van der Waals surface area contributed by atoms with Crippen molar-refractivity contribution in [3.8, 4) is 11.5 Å². The highest BCUT2D eigenvalue weighted by atomic mass is 32.2. The van der Waals surface area contributed by atoms with Gasteiger partial charge in [0.05, 0.1) is 13.7 Å². The first-order valence-electron chi connectivity index (χ1n) is 10.7. The fraction of sp³-hybridized carbons (Fsp3) is 0.524. The molecule has 32 heavy (non-hydrogen) atoms. The molecule has 0 atom stereocenters. The van der Waals surface area contributed by atoms with E-state index in [1.54, 1.807) is 13.2 Å². The van der Waals surface area contributed by atoms with Crippen LogP contribution in [0.3, 0.4) is 0 Å². The van der Waals surface area contributed by atoms with Gasteiger partial charge in [-0.15, -0.1) is 0 Å². The Kier molecular flexibility index (Phi) is 8.48. The number of benzene rings is 1. The summed E-state index contributed by atoms with van der Waals surface area (Å²) in [5.74, 6) is 1.77. The molecule has 1 aromatic heterocycles. The zero-order valence-corrected chi connectivity index (χ0v) is 19.7. The summed E-state index contributed by atoms with van der Waals surface area (Å²) in [4.78, 5) is 11.2. The van der Waals surface area contributed by atoms with Gasteiger partial charge in [0.1, 0.15) is 11.7 Å². The Hall–Kier alpha value is -2.63. The highest BCUT2D eigenvalue weighted by molar-refractivity contribution is 7.89. The first-order chi connectivity index (χ1) is 15.4.